The van der Waals surface area contributed by atoms with Crippen LogP contribution >= 0.6 is 0 Å². The van der Waals surface area contributed by atoms with Crippen LogP contribution < -0.4 is 0 Å². The molecule has 0 aromatic heterocycles. The van der Waals surface area contributed by atoms with Crippen LogP contribution in [0.2, 0.25) is 0 Å². The summed E-state index contributed by atoms with van der Waals surface area (Å²) in [7, 11) is 0. The average molecular weight is 681 g/mol. The van der Waals surface area contributed by atoms with E-state index in [-0.39, 0.29) is 37.1 Å². The maximum Gasteiger partial charge on any atom is 0.268 e. The largest absolute Gasteiger partial charge is 0.268 e. The summed E-state index contributed by atoms with van der Waals surface area (Å²) in [5.41, 5.74) is 8.41. The summed E-state index contributed by atoms with van der Waals surface area (Å²) < 4.78 is 88.3. The fourth-order valence-corrected chi connectivity index (χ4v) is 0. The van der Waals surface area contributed by atoms with Gasteiger partial charge in [-0.1, -0.05) is 48.3 Å². The lowest BCUT2D eigenvalue weighted by Gasteiger charge is -1.88. The van der Waals surface area contributed by atoms with Crippen LogP contribution in [0.4, 0.5) is 35.1 Å². The molecule has 0 nitrogen and oxygen atoms in total. The smallest absolute Gasteiger partial charge is 0.173 e. The van der Waals surface area contributed by atoms with E-state index in [9.17, 15) is 35.1 Å². The van der Waals surface area contributed by atoms with Crippen molar-refractivity contribution in [2.45, 2.75) is 153 Å². The van der Waals surface area contributed by atoms with E-state index in [0.29, 0.717) is 0 Å². The van der Waals surface area contributed by atoms with Crippen LogP contribution in [0.25, 0.3) is 0 Å². The number of hydrogen-bond acceptors (Lipinski definition) is 0. The second kappa shape index (κ2) is 46.8. The molecule has 0 unspecified atom stereocenters. The summed E-state index contributed by atoms with van der Waals surface area (Å²) in [6, 6.07) is 0. The minimum atomic E-state index is -1.57. The van der Waals surface area contributed by atoms with Gasteiger partial charge in [0.2, 0.25) is 0 Å². The Hall–Kier alpha value is -2.64. The first kappa shape index (κ1) is 69.9. The van der Waals surface area contributed by atoms with Crippen LogP contribution in [0, 0.1) is 0 Å². The van der Waals surface area contributed by atoms with Gasteiger partial charge in [0.25, 0.3) is 24.3 Å². The van der Waals surface area contributed by atoms with E-state index in [2.05, 4.69) is 68.5 Å². The predicted octanol–water partition coefficient (Wildman–Crippen LogP) is 17.9. The minimum Gasteiger partial charge on any atom is -0.173 e. The summed E-state index contributed by atoms with van der Waals surface area (Å²) in [6.45, 7) is 42.9. The Morgan fingerprint density at radius 2 is 0.283 bits per heavy atom. The quantitative estimate of drug-likeness (QED) is 0.176. The standard InChI is InChI=1S/2C6H12.4C4H6F2.2C4H8.2CH4/c2*1-5(2)6(3)4;4*1-3(2)4(5)6;2*1-4(2)3;;/h2*1-4H3;4*1-2H3;2*1H2,2-3H3;2*1H4. The van der Waals surface area contributed by atoms with Gasteiger partial charge >= 0.3 is 0 Å². The van der Waals surface area contributed by atoms with Gasteiger partial charge in [-0.2, -0.15) is 35.1 Å². The first-order chi connectivity index (χ1) is 19.3. The van der Waals surface area contributed by atoms with Crippen LogP contribution in [-0.2, 0) is 0 Å². The second-order valence-corrected chi connectivity index (χ2v) is 11.5. The van der Waals surface area contributed by atoms with E-state index in [1.54, 1.807) is 0 Å². The van der Waals surface area contributed by atoms with Crippen molar-refractivity contribution in [2.75, 3.05) is 0 Å². The number of rotatable bonds is 0. The minimum absolute atomic E-state index is 0. The molecule has 0 aliphatic rings. The molecule has 0 bridgehead atoms. The molecule has 8 heteroatoms. The van der Waals surface area contributed by atoms with Crippen molar-refractivity contribution in [3.05, 3.63) is 93.2 Å². The van der Waals surface area contributed by atoms with Crippen LogP contribution in [0.3, 0.4) is 0 Å². The van der Waals surface area contributed by atoms with Crippen molar-refractivity contribution in [3.63, 3.8) is 0 Å². The number of halogens is 8. The van der Waals surface area contributed by atoms with Gasteiger partial charge in [0.15, 0.2) is 0 Å². The Kier molecular flexibility index (Phi) is 71.1. The topological polar surface area (TPSA) is 0 Å². The van der Waals surface area contributed by atoms with Gasteiger partial charge in [0.1, 0.15) is 0 Å². The van der Waals surface area contributed by atoms with Crippen molar-refractivity contribution in [2.24, 2.45) is 0 Å². The summed E-state index contributed by atoms with van der Waals surface area (Å²) in [5, 5.41) is 0. The van der Waals surface area contributed by atoms with Crippen LogP contribution in [-0.4, -0.2) is 0 Å². The zero-order valence-electron chi connectivity index (χ0n) is 31.4. The molecule has 280 valence electrons. The van der Waals surface area contributed by atoms with E-state index in [1.165, 1.54) is 88.8 Å². The number of allylic oxidation sites excluding steroid dienone is 10. The molecular weight excluding hydrogens is 608 g/mol. The molecule has 46 heavy (non-hydrogen) atoms. The molecule has 0 radical (unpaired) electrons. The summed E-state index contributed by atoms with van der Waals surface area (Å²) in [6.07, 6.45) is -6.30. The monoisotopic (exact) mass is 681 g/mol. The highest BCUT2D eigenvalue weighted by Gasteiger charge is 1.88. The van der Waals surface area contributed by atoms with E-state index < -0.39 is 24.3 Å². The molecule has 0 atom stereocenters. The lowest BCUT2D eigenvalue weighted by Crippen LogP contribution is -1.66. The molecular formula is C38H72F8. The van der Waals surface area contributed by atoms with Crippen LogP contribution in [0.1, 0.15) is 153 Å². The summed E-state index contributed by atoms with van der Waals surface area (Å²) >= 11 is 0. The second-order valence-electron chi connectivity index (χ2n) is 11.5. The van der Waals surface area contributed by atoms with E-state index >= 15 is 0 Å². The van der Waals surface area contributed by atoms with Crippen molar-refractivity contribution >= 4 is 0 Å². The molecule has 0 N–H and O–H groups in total. The maximum atomic E-state index is 11.0. The van der Waals surface area contributed by atoms with Gasteiger partial charge in [-0.15, -0.1) is 13.2 Å². The average Bonchev–Trinajstić information content (AvgIpc) is 2.79. The molecule has 0 aromatic carbocycles. The van der Waals surface area contributed by atoms with Crippen LogP contribution in [0.15, 0.2) is 93.2 Å². The molecule has 0 aliphatic heterocycles. The molecule has 0 aromatic rings. The molecule has 0 heterocycles. The highest BCUT2D eigenvalue weighted by atomic mass is 19.3. The van der Waals surface area contributed by atoms with Crippen LogP contribution in [0.5, 0.6) is 0 Å². The summed E-state index contributed by atoms with van der Waals surface area (Å²) in [4.78, 5) is 0. The van der Waals surface area contributed by atoms with Crippen molar-refractivity contribution < 1.29 is 35.1 Å². The maximum absolute atomic E-state index is 11.0. The Labute approximate surface area is 281 Å². The van der Waals surface area contributed by atoms with E-state index in [1.807, 2.05) is 27.7 Å². The third-order valence-electron chi connectivity index (χ3n) is 3.51. The highest BCUT2D eigenvalue weighted by molar-refractivity contribution is 5.03. The lowest BCUT2D eigenvalue weighted by molar-refractivity contribution is 0.411. The molecule has 0 amide bonds. The molecule has 0 saturated carbocycles. The first-order valence-electron chi connectivity index (χ1n) is 13.7. The Balaban J connectivity index is -0.0000000402. The Bertz CT molecular complexity index is 657. The van der Waals surface area contributed by atoms with Crippen molar-refractivity contribution in [3.8, 4) is 0 Å². The number of hydrogen-bond donors (Lipinski definition) is 0. The van der Waals surface area contributed by atoms with Gasteiger partial charge in [-0.05, 0) is 161 Å². The molecule has 0 aliphatic carbocycles. The van der Waals surface area contributed by atoms with E-state index in [0.717, 1.165) is 0 Å². The highest BCUT2D eigenvalue weighted by Crippen LogP contribution is 2.05. The SMILES string of the molecule is C.C.C=C(C)C.C=C(C)C.CC(C)=C(C)C.CC(C)=C(C)C.CC(C)=C(F)F.CC(C)=C(F)F.CC(C)=C(F)F.CC(C)=C(F)F. The third kappa shape index (κ3) is 148. The lowest BCUT2D eigenvalue weighted by atomic mass is 10.2. The fraction of sp³-hybridized carbons (Fsp3) is 0.579. The summed E-state index contributed by atoms with van der Waals surface area (Å²) in [5.74, 6) is 0. The van der Waals surface area contributed by atoms with Gasteiger partial charge in [-0.3, -0.25) is 0 Å². The fourth-order valence-electron chi connectivity index (χ4n) is 0. The first-order valence-corrected chi connectivity index (χ1v) is 13.7. The van der Waals surface area contributed by atoms with Crippen molar-refractivity contribution in [1.82, 2.24) is 0 Å². The normalized spacial score (nSPS) is 7.39. The molecule has 0 spiro atoms. The molecule has 0 rings (SSSR count). The predicted molar refractivity (Wildman–Crippen MR) is 196 cm³/mol. The third-order valence-corrected chi connectivity index (χ3v) is 3.51. The van der Waals surface area contributed by atoms with E-state index in [4.69, 9.17) is 0 Å². The Morgan fingerprint density at radius 1 is 0.239 bits per heavy atom. The van der Waals surface area contributed by atoms with Gasteiger partial charge in [-0.25, -0.2) is 0 Å². The van der Waals surface area contributed by atoms with Gasteiger partial charge in [0.05, 0.1) is 0 Å². The molecule has 0 saturated heterocycles. The zero-order valence-corrected chi connectivity index (χ0v) is 31.4. The zero-order chi connectivity index (χ0) is 38.1. The van der Waals surface area contributed by atoms with Crippen molar-refractivity contribution in [1.29, 1.82) is 0 Å². The van der Waals surface area contributed by atoms with Gasteiger partial charge < -0.3 is 0 Å². The van der Waals surface area contributed by atoms with Gasteiger partial charge in [0, 0.05) is 0 Å². The Morgan fingerprint density at radius 3 is 0.283 bits per heavy atom. The molecule has 0 fully saturated rings.